The molecule has 1 aliphatic heterocycles. The summed E-state index contributed by atoms with van der Waals surface area (Å²) in [6.07, 6.45) is 1.66. The fourth-order valence-electron chi connectivity index (χ4n) is 2.56. The smallest absolute Gasteiger partial charge is 0.342 e. The number of rotatable bonds is 4. The molecule has 0 unspecified atom stereocenters. The summed E-state index contributed by atoms with van der Waals surface area (Å²) in [6, 6.07) is -0.191. The Morgan fingerprint density at radius 1 is 1.36 bits per heavy atom. The third-order valence-electron chi connectivity index (χ3n) is 3.48. The van der Waals surface area contributed by atoms with E-state index in [9.17, 15) is 13.2 Å². The average Bonchev–Trinajstić information content (AvgIpc) is 2.74. The first-order chi connectivity index (χ1) is 9.86. The number of esters is 1. The van der Waals surface area contributed by atoms with Crippen molar-refractivity contribution in [3.63, 3.8) is 0 Å². The molecule has 1 aromatic heterocycles. The normalized spacial score (nSPS) is 18.6. The van der Waals surface area contributed by atoms with Gasteiger partial charge in [0.2, 0.25) is 10.0 Å². The molecule has 1 saturated heterocycles. The van der Waals surface area contributed by atoms with Crippen LogP contribution >= 0.6 is 12.4 Å². The van der Waals surface area contributed by atoms with Crippen molar-refractivity contribution in [2.75, 3.05) is 20.2 Å². The predicted octanol–water partition coefficient (Wildman–Crippen LogP) is 1.14. The Labute approximate surface area is 136 Å². The van der Waals surface area contributed by atoms with Gasteiger partial charge in [-0.2, -0.15) is 0 Å². The molecular weight excluding hydrogens is 332 g/mol. The van der Waals surface area contributed by atoms with E-state index in [-0.39, 0.29) is 40.4 Å². The largest absolute Gasteiger partial charge is 0.465 e. The maximum absolute atomic E-state index is 12.6. The first-order valence-corrected chi connectivity index (χ1v) is 8.26. The van der Waals surface area contributed by atoms with Crippen LogP contribution in [-0.2, 0) is 14.8 Å². The van der Waals surface area contributed by atoms with Gasteiger partial charge in [0.25, 0.3) is 0 Å². The number of halogens is 1. The second-order valence-corrected chi connectivity index (χ2v) is 6.73. The van der Waals surface area contributed by atoms with Crippen LogP contribution in [0.25, 0.3) is 0 Å². The summed E-state index contributed by atoms with van der Waals surface area (Å²) in [5, 5.41) is 3.14. The molecule has 0 aliphatic carbocycles. The van der Waals surface area contributed by atoms with Gasteiger partial charge in [0.05, 0.1) is 7.11 Å². The molecular formula is C13H21ClN2O5S. The summed E-state index contributed by atoms with van der Waals surface area (Å²) in [4.78, 5) is 11.7. The summed E-state index contributed by atoms with van der Waals surface area (Å²) in [7, 11) is -2.63. The lowest BCUT2D eigenvalue weighted by atomic mass is 10.1. The lowest BCUT2D eigenvalue weighted by molar-refractivity contribution is 0.0595. The molecule has 22 heavy (non-hydrogen) atoms. The van der Waals surface area contributed by atoms with Crippen LogP contribution in [0.1, 0.15) is 34.7 Å². The van der Waals surface area contributed by atoms with E-state index in [1.807, 2.05) is 0 Å². The predicted molar refractivity (Wildman–Crippen MR) is 83.0 cm³/mol. The number of aryl methyl sites for hydroxylation is 2. The number of carbonyl (C=O) groups excluding carboxylic acids is 1. The number of sulfonamides is 1. The van der Waals surface area contributed by atoms with Crippen LogP contribution in [0.2, 0.25) is 0 Å². The highest BCUT2D eigenvalue weighted by molar-refractivity contribution is 7.89. The van der Waals surface area contributed by atoms with Gasteiger partial charge in [-0.25, -0.2) is 17.9 Å². The van der Waals surface area contributed by atoms with E-state index in [0.29, 0.717) is 6.54 Å². The van der Waals surface area contributed by atoms with Crippen molar-refractivity contribution in [1.29, 1.82) is 0 Å². The molecule has 0 amide bonds. The first kappa shape index (κ1) is 19.0. The van der Waals surface area contributed by atoms with Gasteiger partial charge in [0.15, 0.2) is 0 Å². The third-order valence-corrected chi connectivity index (χ3v) is 5.15. The molecule has 1 aromatic rings. The van der Waals surface area contributed by atoms with E-state index in [4.69, 9.17) is 4.42 Å². The zero-order valence-corrected chi connectivity index (χ0v) is 14.4. The number of ether oxygens (including phenoxy) is 1. The lowest BCUT2D eigenvalue weighted by Gasteiger charge is -2.23. The summed E-state index contributed by atoms with van der Waals surface area (Å²) in [6.45, 7) is 4.52. The molecule has 0 bridgehead atoms. The van der Waals surface area contributed by atoms with E-state index in [1.54, 1.807) is 6.92 Å². The number of methoxy groups -OCH3 is 1. The van der Waals surface area contributed by atoms with Gasteiger partial charge < -0.3 is 14.5 Å². The van der Waals surface area contributed by atoms with Gasteiger partial charge >= 0.3 is 5.97 Å². The molecule has 0 spiro atoms. The minimum Gasteiger partial charge on any atom is -0.465 e. The van der Waals surface area contributed by atoms with Crippen molar-refractivity contribution in [3.05, 3.63) is 17.1 Å². The lowest BCUT2D eigenvalue weighted by Crippen LogP contribution is -2.45. The second kappa shape index (κ2) is 7.45. The zero-order chi connectivity index (χ0) is 15.6. The summed E-state index contributed by atoms with van der Waals surface area (Å²) < 4.78 is 37.7. The monoisotopic (exact) mass is 352 g/mol. The standard InChI is InChI=1S/C13H20N2O5S.ClH/c1-8-11(13(16)19-3)12(9(2)20-8)21(17,18)15-10-5-4-6-14-7-10;/h10,14-15H,4-7H2,1-3H3;1H/t10-;/m0./s1. The van der Waals surface area contributed by atoms with Crippen molar-refractivity contribution in [2.45, 2.75) is 37.6 Å². The van der Waals surface area contributed by atoms with E-state index >= 15 is 0 Å². The van der Waals surface area contributed by atoms with Gasteiger partial charge in [0, 0.05) is 12.6 Å². The number of piperidine rings is 1. The Morgan fingerprint density at radius 2 is 2.05 bits per heavy atom. The SMILES string of the molecule is COC(=O)c1c(C)oc(C)c1S(=O)(=O)N[C@H]1CCCNC1.Cl. The molecule has 2 rings (SSSR count). The Hall–Kier alpha value is -1.09. The molecule has 1 aliphatic rings. The van der Waals surface area contributed by atoms with Gasteiger partial charge in [-0.15, -0.1) is 12.4 Å². The molecule has 9 heteroatoms. The number of furan rings is 1. The van der Waals surface area contributed by atoms with Crippen LogP contribution in [0.15, 0.2) is 9.31 Å². The van der Waals surface area contributed by atoms with Gasteiger partial charge in [-0.1, -0.05) is 0 Å². The number of hydrogen-bond acceptors (Lipinski definition) is 6. The van der Waals surface area contributed by atoms with Crippen molar-refractivity contribution in [1.82, 2.24) is 10.0 Å². The number of nitrogens with one attached hydrogen (secondary N) is 2. The van der Waals surface area contributed by atoms with Crippen LogP contribution in [0, 0.1) is 13.8 Å². The Balaban J connectivity index is 0.00000242. The fourth-order valence-corrected chi connectivity index (χ4v) is 4.23. The third kappa shape index (κ3) is 3.81. The quantitative estimate of drug-likeness (QED) is 0.788. The van der Waals surface area contributed by atoms with Crippen LogP contribution < -0.4 is 10.0 Å². The van der Waals surface area contributed by atoms with Crippen molar-refractivity contribution in [2.24, 2.45) is 0 Å². The number of carbonyl (C=O) groups is 1. The molecule has 0 aromatic carbocycles. The molecule has 0 radical (unpaired) electrons. The molecule has 7 nitrogen and oxygen atoms in total. The summed E-state index contributed by atoms with van der Waals surface area (Å²) in [5.74, 6) is -0.294. The summed E-state index contributed by atoms with van der Waals surface area (Å²) in [5.41, 5.74) is -0.0359. The minimum atomic E-state index is -3.84. The zero-order valence-electron chi connectivity index (χ0n) is 12.8. The van der Waals surface area contributed by atoms with Crippen molar-refractivity contribution in [3.8, 4) is 0 Å². The molecule has 0 saturated carbocycles. The molecule has 126 valence electrons. The Bertz CT molecular complexity index is 635. The number of hydrogen-bond donors (Lipinski definition) is 2. The molecule has 1 atom stereocenters. The fraction of sp³-hybridized carbons (Fsp3) is 0.615. The summed E-state index contributed by atoms with van der Waals surface area (Å²) >= 11 is 0. The van der Waals surface area contributed by atoms with Gasteiger partial charge in [0.1, 0.15) is 22.0 Å². The van der Waals surface area contributed by atoms with Crippen LogP contribution in [0.5, 0.6) is 0 Å². The van der Waals surface area contributed by atoms with Crippen LogP contribution in [0.4, 0.5) is 0 Å². The average molecular weight is 353 g/mol. The molecule has 1 fully saturated rings. The first-order valence-electron chi connectivity index (χ1n) is 6.78. The second-order valence-electron chi connectivity index (χ2n) is 5.07. The molecule has 2 N–H and O–H groups in total. The van der Waals surface area contributed by atoms with E-state index in [0.717, 1.165) is 19.4 Å². The van der Waals surface area contributed by atoms with Crippen molar-refractivity contribution < 1.29 is 22.4 Å². The topological polar surface area (TPSA) is 97.6 Å². The highest BCUT2D eigenvalue weighted by atomic mass is 35.5. The van der Waals surface area contributed by atoms with Crippen LogP contribution in [-0.4, -0.2) is 40.6 Å². The van der Waals surface area contributed by atoms with Gasteiger partial charge in [-0.3, -0.25) is 0 Å². The highest BCUT2D eigenvalue weighted by Crippen LogP contribution is 2.27. The van der Waals surface area contributed by atoms with Crippen LogP contribution in [0.3, 0.4) is 0 Å². The molecule has 2 heterocycles. The van der Waals surface area contributed by atoms with Crippen molar-refractivity contribution >= 4 is 28.4 Å². The highest BCUT2D eigenvalue weighted by Gasteiger charge is 2.33. The minimum absolute atomic E-state index is 0. The maximum Gasteiger partial charge on any atom is 0.342 e. The van der Waals surface area contributed by atoms with E-state index < -0.39 is 16.0 Å². The Kier molecular flexibility index (Phi) is 6.42. The van der Waals surface area contributed by atoms with Gasteiger partial charge in [-0.05, 0) is 33.2 Å². The maximum atomic E-state index is 12.6. The van der Waals surface area contributed by atoms with E-state index in [1.165, 1.54) is 14.0 Å². The Morgan fingerprint density at radius 3 is 2.59 bits per heavy atom. The van der Waals surface area contributed by atoms with E-state index in [2.05, 4.69) is 14.8 Å².